The molecule has 1 fully saturated rings. The number of nitrogens with zero attached hydrogens (tertiary/aromatic N) is 2. The summed E-state index contributed by atoms with van der Waals surface area (Å²) in [6.07, 6.45) is 2.60. The molecule has 0 saturated carbocycles. The molecule has 1 aliphatic rings. The fraction of sp³-hybridized carbons (Fsp3) is 0.556. The summed E-state index contributed by atoms with van der Waals surface area (Å²) in [5.41, 5.74) is 1.02. The van der Waals surface area contributed by atoms with Crippen molar-refractivity contribution in [3.05, 3.63) is 28.2 Å². The van der Waals surface area contributed by atoms with Crippen LogP contribution in [0.2, 0.25) is 0 Å². The molecule has 2 N–H and O–H groups in total. The van der Waals surface area contributed by atoms with Crippen LogP contribution >= 0.6 is 39.9 Å². The van der Waals surface area contributed by atoms with E-state index in [0.29, 0.717) is 13.0 Å². The lowest BCUT2D eigenvalue weighted by atomic mass is 10.2. The van der Waals surface area contributed by atoms with Gasteiger partial charge in [-0.05, 0) is 38.0 Å². The Morgan fingerprint density at radius 2 is 2.19 bits per heavy atom. The standard InChI is InChI=1S/C18H27BrN4O2.HI/c1-3-20-18(21-9-5-11-23-10-4-6-17(23)24)22-13-14-12-15(19)7-8-16(14)25-2;/h7-8,12H,3-6,9-11,13H2,1-2H3,(H2,20,21,22);1H. The maximum Gasteiger partial charge on any atom is 0.222 e. The van der Waals surface area contributed by atoms with Crippen molar-refractivity contribution in [2.45, 2.75) is 32.7 Å². The predicted molar refractivity (Wildman–Crippen MR) is 119 cm³/mol. The highest BCUT2D eigenvalue weighted by molar-refractivity contribution is 14.0. The van der Waals surface area contributed by atoms with Gasteiger partial charge < -0.3 is 20.3 Å². The average molecular weight is 539 g/mol. The van der Waals surface area contributed by atoms with Gasteiger partial charge in [0.15, 0.2) is 5.96 Å². The number of carbonyl (C=O) groups is 1. The Balaban J connectivity index is 0.00000338. The van der Waals surface area contributed by atoms with Gasteiger partial charge in [-0.2, -0.15) is 0 Å². The van der Waals surface area contributed by atoms with Gasteiger partial charge in [-0.1, -0.05) is 15.9 Å². The third-order valence-corrected chi connectivity index (χ3v) is 4.56. The van der Waals surface area contributed by atoms with Crippen molar-refractivity contribution in [1.29, 1.82) is 0 Å². The number of amides is 1. The van der Waals surface area contributed by atoms with Crippen LogP contribution in [0.5, 0.6) is 5.75 Å². The van der Waals surface area contributed by atoms with E-state index in [1.165, 1.54) is 0 Å². The second-order valence-corrected chi connectivity index (χ2v) is 6.83. The minimum Gasteiger partial charge on any atom is -0.496 e. The number of nitrogens with one attached hydrogen (secondary N) is 2. The number of benzene rings is 1. The van der Waals surface area contributed by atoms with Crippen LogP contribution in [0.4, 0.5) is 0 Å². The zero-order valence-corrected chi connectivity index (χ0v) is 19.3. The first kappa shape index (κ1) is 23.0. The quantitative estimate of drug-likeness (QED) is 0.231. The molecule has 146 valence electrons. The van der Waals surface area contributed by atoms with E-state index in [0.717, 1.165) is 60.8 Å². The normalized spacial score (nSPS) is 14.2. The van der Waals surface area contributed by atoms with Gasteiger partial charge in [0, 0.05) is 42.6 Å². The number of aliphatic imine (C=N–C) groups is 1. The smallest absolute Gasteiger partial charge is 0.222 e. The van der Waals surface area contributed by atoms with E-state index >= 15 is 0 Å². The summed E-state index contributed by atoms with van der Waals surface area (Å²) >= 11 is 3.48. The Hall–Kier alpha value is -1.03. The Bertz CT molecular complexity index is 613. The summed E-state index contributed by atoms with van der Waals surface area (Å²) in [5.74, 6) is 1.88. The molecule has 0 spiro atoms. The molecule has 1 amide bonds. The van der Waals surface area contributed by atoms with Gasteiger partial charge in [-0.25, -0.2) is 4.99 Å². The topological polar surface area (TPSA) is 66.0 Å². The number of hydrogen-bond donors (Lipinski definition) is 2. The molecule has 6 nitrogen and oxygen atoms in total. The summed E-state index contributed by atoms with van der Waals surface area (Å²) in [7, 11) is 1.67. The van der Waals surface area contributed by atoms with Crippen LogP contribution in [-0.2, 0) is 11.3 Å². The van der Waals surface area contributed by atoms with Crippen LogP contribution in [-0.4, -0.2) is 50.1 Å². The third-order valence-electron chi connectivity index (χ3n) is 4.06. The number of methoxy groups -OCH3 is 1. The Kier molecular flexibility index (Phi) is 11.0. The number of carbonyl (C=O) groups excluding carboxylic acids is 1. The van der Waals surface area contributed by atoms with Crippen LogP contribution in [0.15, 0.2) is 27.7 Å². The molecular formula is C18H28BrIN4O2. The van der Waals surface area contributed by atoms with Crippen LogP contribution < -0.4 is 15.4 Å². The number of halogens is 2. The maximum absolute atomic E-state index is 11.6. The highest BCUT2D eigenvalue weighted by atomic mass is 127. The molecule has 1 aromatic carbocycles. The van der Waals surface area contributed by atoms with Gasteiger partial charge in [0.25, 0.3) is 0 Å². The molecular weight excluding hydrogens is 511 g/mol. The first-order valence-corrected chi connectivity index (χ1v) is 9.55. The fourth-order valence-electron chi connectivity index (χ4n) is 2.79. The van der Waals surface area contributed by atoms with Crippen molar-refractivity contribution in [3.8, 4) is 5.75 Å². The highest BCUT2D eigenvalue weighted by Gasteiger charge is 2.18. The van der Waals surface area contributed by atoms with Gasteiger partial charge in [0.2, 0.25) is 5.91 Å². The average Bonchev–Trinajstić information content (AvgIpc) is 3.01. The van der Waals surface area contributed by atoms with Crippen molar-refractivity contribution in [2.24, 2.45) is 4.99 Å². The summed E-state index contributed by atoms with van der Waals surface area (Å²) in [5, 5.41) is 6.58. The molecule has 0 unspecified atom stereocenters. The lowest BCUT2D eigenvalue weighted by Gasteiger charge is -2.16. The maximum atomic E-state index is 11.6. The van der Waals surface area contributed by atoms with Crippen molar-refractivity contribution < 1.29 is 9.53 Å². The third kappa shape index (κ3) is 7.30. The van der Waals surface area contributed by atoms with E-state index in [1.807, 2.05) is 30.0 Å². The predicted octanol–water partition coefficient (Wildman–Crippen LogP) is 3.14. The molecule has 1 aromatic rings. The van der Waals surface area contributed by atoms with Gasteiger partial charge >= 0.3 is 0 Å². The van der Waals surface area contributed by atoms with Gasteiger partial charge in [-0.15, -0.1) is 24.0 Å². The first-order valence-electron chi connectivity index (χ1n) is 8.76. The number of ether oxygens (including phenoxy) is 1. The molecule has 0 atom stereocenters. The van der Waals surface area contributed by atoms with Crippen molar-refractivity contribution in [1.82, 2.24) is 15.5 Å². The van der Waals surface area contributed by atoms with Crippen molar-refractivity contribution in [3.63, 3.8) is 0 Å². The fourth-order valence-corrected chi connectivity index (χ4v) is 3.20. The molecule has 0 aromatic heterocycles. The zero-order chi connectivity index (χ0) is 18.1. The van der Waals surface area contributed by atoms with Gasteiger partial charge in [0.1, 0.15) is 5.75 Å². The summed E-state index contributed by atoms with van der Waals surface area (Å²) < 4.78 is 6.40. The summed E-state index contributed by atoms with van der Waals surface area (Å²) in [4.78, 5) is 18.2. The molecule has 0 bridgehead atoms. The molecule has 1 saturated heterocycles. The SMILES string of the molecule is CCNC(=NCc1cc(Br)ccc1OC)NCCCN1CCCC1=O.I. The number of rotatable bonds is 8. The van der Waals surface area contributed by atoms with E-state index in [4.69, 9.17) is 4.74 Å². The van der Waals surface area contributed by atoms with E-state index in [1.54, 1.807) is 7.11 Å². The lowest BCUT2D eigenvalue weighted by molar-refractivity contribution is -0.127. The molecule has 26 heavy (non-hydrogen) atoms. The minimum absolute atomic E-state index is 0. The first-order chi connectivity index (χ1) is 12.1. The second kappa shape index (κ2) is 12.4. The molecule has 8 heteroatoms. The molecule has 1 heterocycles. The van der Waals surface area contributed by atoms with E-state index in [2.05, 4.69) is 31.6 Å². The molecule has 0 radical (unpaired) electrons. The number of hydrogen-bond acceptors (Lipinski definition) is 3. The van der Waals surface area contributed by atoms with E-state index < -0.39 is 0 Å². The van der Waals surface area contributed by atoms with Gasteiger partial charge in [0.05, 0.1) is 13.7 Å². The Morgan fingerprint density at radius 1 is 1.38 bits per heavy atom. The second-order valence-electron chi connectivity index (χ2n) is 5.92. The van der Waals surface area contributed by atoms with Crippen LogP contribution in [0.25, 0.3) is 0 Å². The monoisotopic (exact) mass is 538 g/mol. The Labute approximate surface area is 181 Å². The highest BCUT2D eigenvalue weighted by Crippen LogP contribution is 2.23. The molecule has 1 aliphatic heterocycles. The molecule has 0 aliphatic carbocycles. The van der Waals surface area contributed by atoms with Crippen LogP contribution in [0, 0.1) is 0 Å². The number of guanidine groups is 1. The largest absolute Gasteiger partial charge is 0.496 e. The Morgan fingerprint density at radius 3 is 2.85 bits per heavy atom. The van der Waals surface area contributed by atoms with Gasteiger partial charge in [-0.3, -0.25) is 4.79 Å². The zero-order valence-electron chi connectivity index (χ0n) is 15.4. The van der Waals surface area contributed by atoms with Crippen LogP contribution in [0.3, 0.4) is 0 Å². The van der Waals surface area contributed by atoms with Crippen LogP contribution in [0.1, 0.15) is 31.7 Å². The van der Waals surface area contributed by atoms with Crippen molar-refractivity contribution >= 4 is 51.8 Å². The van der Waals surface area contributed by atoms with E-state index in [-0.39, 0.29) is 29.9 Å². The number of likely N-dealkylation sites (tertiary alicyclic amines) is 1. The summed E-state index contributed by atoms with van der Waals surface area (Å²) in [6.45, 7) is 5.86. The molecule has 2 rings (SSSR count). The van der Waals surface area contributed by atoms with E-state index in [9.17, 15) is 4.79 Å². The summed E-state index contributed by atoms with van der Waals surface area (Å²) in [6, 6.07) is 5.91. The lowest BCUT2D eigenvalue weighted by Crippen LogP contribution is -2.39. The van der Waals surface area contributed by atoms with Crippen molar-refractivity contribution in [2.75, 3.05) is 33.3 Å². The minimum atomic E-state index is 0.